The Labute approximate surface area is 73.2 Å². The minimum Gasteiger partial charge on any atom is -0.372 e. The molecular weight excluding hydrogens is 156 g/mol. The molecule has 0 radical (unpaired) electrons. The molecular formula is C8H18N2O2. The van der Waals surface area contributed by atoms with Crippen LogP contribution < -0.4 is 11.6 Å². The van der Waals surface area contributed by atoms with Gasteiger partial charge in [0.05, 0.1) is 0 Å². The van der Waals surface area contributed by atoms with Crippen LogP contribution >= 0.6 is 0 Å². The lowest BCUT2D eigenvalue weighted by molar-refractivity contribution is -0.154. The van der Waals surface area contributed by atoms with Crippen molar-refractivity contribution in [3.8, 4) is 0 Å². The van der Waals surface area contributed by atoms with E-state index >= 15 is 0 Å². The number of carbonyl (C=O) groups is 1. The van der Waals surface area contributed by atoms with Gasteiger partial charge in [-0.2, -0.15) is 5.90 Å². The average molecular weight is 174 g/mol. The van der Waals surface area contributed by atoms with Crippen LogP contribution in [0.2, 0.25) is 0 Å². The second-order valence-electron chi connectivity index (χ2n) is 3.65. The number of hydrogen-bond donors (Lipinski definition) is 2. The first-order chi connectivity index (χ1) is 5.37. The van der Waals surface area contributed by atoms with E-state index in [1.165, 1.54) is 0 Å². The van der Waals surface area contributed by atoms with Crippen molar-refractivity contribution in [3.05, 3.63) is 0 Å². The van der Waals surface area contributed by atoms with Crippen LogP contribution in [0.1, 0.15) is 27.7 Å². The molecule has 0 saturated heterocycles. The first kappa shape index (κ1) is 11.4. The maximum absolute atomic E-state index is 11.2. The minimum atomic E-state index is -0.977. The largest absolute Gasteiger partial charge is 0.372 e. The predicted molar refractivity (Wildman–Crippen MR) is 46.9 cm³/mol. The van der Waals surface area contributed by atoms with Crippen LogP contribution in [0.15, 0.2) is 0 Å². The van der Waals surface area contributed by atoms with Crippen LogP contribution in [-0.4, -0.2) is 11.5 Å². The molecule has 0 atom stereocenters. The van der Waals surface area contributed by atoms with Crippen molar-refractivity contribution in [3.63, 3.8) is 0 Å². The van der Waals surface area contributed by atoms with E-state index in [2.05, 4.69) is 4.84 Å². The summed E-state index contributed by atoms with van der Waals surface area (Å²) in [5.74, 6) is 4.27. The summed E-state index contributed by atoms with van der Waals surface area (Å²) in [5, 5.41) is 0. The maximum atomic E-state index is 11.2. The highest BCUT2D eigenvalue weighted by molar-refractivity contribution is 5.80. The van der Waals surface area contributed by atoms with Gasteiger partial charge in [0.1, 0.15) is 5.54 Å². The van der Waals surface area contributed by atoms with Gasteiger partial charge in [0.25, 0.3) is 0 Å². The Morgan fingerprint density at radius 2 is 1.58 bits per heavy atom. The third kappa shape index (κ3) is 1.76. The molecule has 0 fully saturated rings. The third-order valence-corrected chi connectivity index (χ3v) is 2.37. The zero-order valence-corrected chi connectivity index (χ0v) is 8.13. The number of nitrogens with two attached hydrogens (primary N) is 2. The molecule has 4 nitrogen and oxygen atoms in total. The van der Waals surface area contributed by atoms with E-state index in [9.17, 15) is 4.79 Å². The predicted octanol–water partition coefficient (Wildman–Crippen LogP) is 0.413. The summed E-state index contributed by atoms with van der Waals surface area (Å²) in [4.78, 5) is 15.4. The van der Waals surface area contributed by atoms with Gasteiger partial charge in [0, 0.05) is 0 Å². The van der Waals surface area contributed by atoms with Crippen molar-refractivity contribution in [2.45, 2.75) is 33.2 Å². The van der Waals surface area contributed by atoms with Crippen LogP contribution in [0.25, 0.3) is 0 Å². The van der Waals surface area contributed by atoms with Crippen molar-refractivity contribution in [1.82, 2.24) is 0 Å². The normalized spacial score (nSPS) is 12.3. The molecule has 0 unspecified atom stereocenters. The van der Waals surface area contributed by atoms with Crippen LogP contribution in [0.5, 0.6) is 0 Å². The molecule has 0 aliphatic rings. The summed E-state index contributed by atoms with van der Waals surface area (Å²) in [7, 11) is 0. The van der Waals surface area contributed by atoms with Crippen molar-refractivity contribution in [2.75, 3.05) is 0 Å². The Bertz CT molecular complexity index is 158. The molecule has 12 heavy (non-hydrogen) atoms. The monoisotopic (exact) mass is 174 g/mol. The highest BCUT2D eigenvalue weighted by atomic mass is 16.7. The Kier molecular flexibility index (Phi) is 3.67. The fraction of sp³-hybridized carbons (Fsp3) is 0.875. The molecule has 4 N–H and O–H groups in total. The Morgan fingerprint density at radius 1 is 1.25 bits per heavy atom. The molecule has 0 aromatic heterocycles. The first-order valence-electron chi connectivity index (χ1n) is 4.07. The van der Waals surface area contributed by atoms with E-state index in [-0.39, 0.29) is 11.8 Å². The van der Waals surface area contributed by atoms with Crippen molar-refractivity contribution in [1.29, 1.82) is 0 Å². The van der Waals surface area contributed by atoms with Crippen LogP contribution in [0.4, 0.5) is 0 Å². The summed E-state index contributed by atoms with van der Waals surface area (Å²) in [6, 6.07) is 0. The van der Waals surface area contributed by atoms with Gasteiger partial charge in [0.15, 0.2) is 0 Å². The van der Waals surface area contributed by atoms with Crippen molar-refractivity contribution >= 4 is 5.97 Å². The minimum absolute atomic E-state index is 0.00792. The maximum Gasteiger partial charge on any atom is 0.345 e. The Balaban J connectivity index is 4.74. The molecule has 0 bridgehead atoms. The molecule has 0 spiro atoms. The van der Waals surface area contributed by atoms with E-state index in [4.69, 9.17) is 11.6 Å². The lowest BCUT2D eigenvalue weighted by Crippen LogP contribution is -2.57. The topological polar surface area (TPSA) is 78.3 Å². The lowest BCUT2D eigenvalue weighted by Gasteiger charge is -2.33. The smallest absolute Gasteiger partial charge is 0.345 e. The molecule has 0 rings (SSSR count). The van der Waals surface area contributed by atoms with Gasteiger partial charge in [0.2, 0.25) is 0 Å². The molecule has 72 valence electrons. The molecule has 4 heteroatoms. The number of rotatable bonds is 3. The first-order valence-corrected chi connectivity index (χ1v) is 4.07. The van der Waals surface area contributed by atoms with Gasteiger partial charge in [-0.05, 0) is 11.8 Å². The Hall–Kier alpha value is -0.610. The standard InChI is InChI=1S/C8H18N2O2/c1-5(2)8(9,6(3)4)7(11)12-10/h5-6H,9-10H2,1-4H3. The molecule has 0 amide bonds. The number of carbonyl (C=O) groups excluding carboxylic acids is 1. The van der Waals surface area contributed by atoms with E-state index < -0.39 is 11.5 Å². The van der Waals surface area contributed by atoms with Crippen LogP contribution in [-0.2, 0) is 9.63 Å². The van der Waals surface area contributed by atoms with E-state index in [1.54, 1.807) is 0 Å². The van der Waals surface area contributed by atoms with Gasteiger partial charge < -0.3 is 10.6 Å². The lowest BCUT2D eigenvalue weighted by atomic mass is 9.78. The third-order valence-electron chi connectivity index (χ3n) is 2.37. The second kappa shape index (κ2) is 3.87. The molecule has 0 heterocycles. The van der Waals surface area contributed by atoms with Crippen LogP contribution in [0.3, 0.4) is 0 Å². The summed E-state index contributed by atoms with van der Waals surface area (Å²) in [6.45, 7) is 7.49. The van der Waals surface area contributed by atoms with Crippen LogP contribution in [0, 0.1) is 11.8 Å². The van der Waals surface area contributed by atoms with Crippen molar-refractivity contribution in [2.24, 2.45) is 23.5 Å². The summed E-state index contributed by atoms with van der Waals surface area (Å²) in [5.41, 5.74) is 4.91. The van der Waals surface area contributed by atoms with E-state index in [1.807, 2.05) is 27.7 Å². The average Bonchev–Trinajstić information content (AvgIpc) is 2.00. The van der Waals surface area contributed by atoms with E-state index in [0.29, 0.717) is 0 Å². The molecule has 0 aromatic carbocycles. The zero-order chi connectivity index (χ0) is 9.94. The zero-order valence-electron chi connectivity index (χ0n) is 8.13. The fourth-order valence-corrected chi connectivity index (χ4v) is 1.24. The summed E-state index contributed by atoms with van der Waals surface area (Å²) >= 11 is 0. The van der Waals surface area contributed by atoms with E-state index in [0.717, 1.165) is 0 Å². The summed E-state index contributed by atoms with van der Waals surface area (Å²) < 4.78 is 0. The van der Waals surface area contributed by atoms with Gasteiger partial charge in [-0.1, -0.05) is 27.7 Å². The van der Waals surface area contributed by atoms with Gasteiger partial charge in [-0.3, -0.25) is 0 Å². The van der Waals surface area contributed by atoms with Gasteiger partial charge in [-0.25, -0.2) is 4.79 Å². The molecule has 0 saturated carbocycles. The quantitative estimate of drug-likeness (QED) is 0.607. The SMILES string of the molecule is CC(C)C(N)(C(=O)ON)C(C)C. The molecule has 0 aromatic rings. The number of hydrogen-bond acceptors (Lipinski definition) is 4. The van der Waals surface area contributed by atoms with Gasteiger partial charge >= 0.3 is 5.97 Å². The second-order valence-corrected chi connectivity index (χ2v) is 3.65. The highest BCUT2D eigenvalue weighted by Gasteiger charge is 2.41. The molecule has 0 aliphatic heterocycles. The van der Waals surface area contributed by atoms with Gasteiger partial charge in [-0.15, -0.1) is 0 Å². The summed E-state index contributed by atoms with van der Waals surface area (Å²) in [6.07, 6.45) is 0. The highest BCUT2D eigenvalue weighted by Crippen LogP contribution is 2.24. The fourth-order valence-electron chi connectivity index (χ4n) is 1.24. The molecule has 0 aliphatic carbocycles. The van der Waals surface area contributed by atoms with Crippen molar-refractivity contribution < 1.29 is 9.63 Å². The Morgan fingerprint density at radius 3 is 1.67 bits per heavy atom.